The van der Waals surface area contributed by atoms with Crippen LogP contribution in [0, 0.1) is 13.8 Å². The number of rotatable bonds is 5. The van der Waals surface area contributed by atoms with Gasteiger partial charge in [0.2, 0.25) is 0 Å². The Morgan fingerprint density at radius 2 is 2.04 bits per heavy atom. The lowest BCUT2D eigenvalue weighted by Gasteiger charge is -2.12. The van der Waals surface area contributed by atoms with Gasteiger partial charge < -0.3 is 9.84 Å². The quantitative estimate of drug-likeness (QED) is 0.758. The number of benzene rings is 1. The van der Waals surface area contributed by atoms with Crippen molar-refractivity contribution < 1.29 is 14.6 Å². The molecule has 6 nitrogen and oxygen atoms in total. The molecular formula is C18H18N2O4S. The highest BCUT2D eigenvalue weighted by atomic mass is 32.1. The molecular weight excluding hydrogens is 340 g/mol. The standard InChI is InChI=1S/C18H18N2O4S/c1-10-11(2)25-17-16(10)18(23)20(9-15(21)22)14(19-17)8-12-6-4-5-7-13(12)24-3/h4-7H,8-9H2,1-3H3,(H,21,22). The fraction of sp³-hybridized carbons (Fsp3) is 0.278. The van der Waals surface area contributed by atoms with Gasteiger partial charge in [-0.05, 0) is 25.5 Å². The molecule has 3 rings (SSSR count). The lowest BCUT2D eigenvalue weighted by molar-refractivity contribution is -0.137. The number of carboxylic acid groups (broad SMARTS) is 1. The van der Waals surface area contributed by atoms with E-state index in [0.29, 0.717) is 28.2 Å². The number of hydrogen-bond acceptors (Lipinski definition) is 5. The highest BCUT2D eigenvalue weighted by Gasteiger charge is 2.19. The molecule has 0 aliphatic carbocycles. The number of aliphatic carboxylic acids is 1. The van der Waals surface area contributed by atoms with E-state index in [-0.39, 0.29) is 5.56 Å². The molecule has 0 aliphatic rings. The average molecular weight is 358 g/mol. The van der Waals surface area contributed by atoms with Crippen LogP contribution in [0.5, 0.6) is 5.75 Å². The third kappa shape index (κ3) is 3.15. The molecule has 2 heterocycles. The van der Waals surface area contributed by atoms with Crippen molar-refractivity contribution in [2.24, 2.45) is 0 Å². The second kappa shape index (κ2) is 6.68. The Bertz CT molecular complexity index is 1020. The molecule has 0 amide bonds. The van der Waals surface area contributed by atoms with Crippen molar-refractivity contribution in [2.75, 3.05) is 7.11 Å². The molecule has 2 aromatic heterocycles. The third-order valence-corrected chi connectivity index (χ3v) is 5.30. The van der Waals surface area contributed by atoms with Gasteiger partial charge in [-0.3, -0.25) is 14.2 Å². The first-order valence-electron chi connectivity index (χ1n) is 7.75. The summed E-state index contributed by atoms with van der Waals surface area (Å²) >= 11 is 1.45. The Balaban J connectivity index is 2.22. The first-order valence-corrected chi connectivity index (χ1v) is 8.57. The molecule has 1 N–H and O–H groups in total. The normalized spacial score (nSPS) is 11.0. The van der Waals surface area contributed by atoms with E-state index in [9.17, 15) is 14.7 Å². The molecule has 0 unspecified atom stereocenters. The van der Waals surface area contributed by atoms with Crippen LogP contribution in [0.25, 0.3) is 10.2 Å². The van der Waals surface area contributed by atoms with Crippen molar-refractivity contribution >= 4 is 27.5 Å². The smallest absolute Gasteiger partial charge is 0.323 e. The van der Waals surface area contributed by atoms with Crippen LogP contribution in [0.4, 0.5) is 0 Å². The first-order chi connectivity index (χ1) is 11.9. The van der Waals surface area contributed by atoms with Gasteiger partial charge in [0, 0.05) is 16.9 Å². The fourth-order valence-corrected chi connectivity index (χ4v) is 3.86. The number of carboxylic acids is 1. The Kier molecular flexibility index (Phi) is 4.59. The van der Waals surface area contributed by atoms with Gasteiger partial charge in [-0.2, -0.15) is 0 Å². The van der Waals surface area contributed by atoms with E-state index in [1.807, 2.05) is 38.1 Å². The molecule has 0 aliphatic heterocycles. The van der Waals surface area contributed by atoms with Crippen LogP contribution >= 0.6 is 11.3 Å². The van der Waals surface area contributed by atoms with Gasteiger partial charge in [-0.15, -0.1) is 11.3 Å². The van der Waals surface area contributed by atoms with Crippen LogP contribution in [0.3, 0.4) is 0 Å². The fourth-order valence-electron chi connectivity index (χ4n) is 2.82. The van der Waals surface area contributed by atoms with Crippen molar-refractivity contribution in [3.8, 4) is 5.75 Å². The van der Waals surface area contributed by atoms with Gasteiger partial charge in [0.15, 0.2) is 0 Å². The number of hydrogen-bond donors (Lipinski definition) is 1. The predicted molar refractivity (Wildman–Crippen MR) is 96.8 cm³/mol. The summed E-state index contributed by atoms with van der Waals surface area (Å²) in [5, 5.41) is 9.73. The van der Waals surface area contributed by atoms with Crippen LogP contribution < -0.4 is 10.3 Å². The van der Waals surface area contributed by atoms with E-state index < -0.39 is 12.5 Å². The summed E-state index contributed by atoms with van der Waals surface area (Å²) in [5.74, 6) is 0.0250. The molecule has 0 saturated heterocycles. The lowest BCUT2D eigenvalue weighted by atomic mass is 10.1. The van der Waals surface area contributed by atoms with Gasteiger partial charge in [0.1, 0.15) is 22.9 Å². The van der Waals surface area contributed by atoms with Crippen LogP contribution in [-0.2, 0) is 17.8 Å². The van der Waals surface area contributed by atoms with Crippen molar-refractivity contribution in [2.45, 2.75) is 26.8 Å². The summed E-state index contributed by atoms with van der Waals surface area (Å²) in [4.78, 5) is 30.4. The van der Waals surface area contributed by atoms with Gasteiger partial charge in [-0.25, -0.2) is 4.98 Å². The zero-order valence-corrected chi connectivity index (χ0v) is 15.0. The summed E-state index contributed by atoms with van der Waals surface area (Å²) in [5.41, 5.74) is 1.40. The van der Waals surface area contributed by atoms with Gasteiger partial charge in [0.25, 0.3) is 5.56 Å². The summed E-state index contributed by atoms with van der Waals surface area (Å²) < 4.78 is 6.60. The predicted octanol–water partition coefficient (Wildman–Crippen LogP) is 2.76. The summed E-state index contributed by atoms with van der Waals surface area (Å²) in [6.07, 6.45) is 0.318. The van der Waals surface area contributed by atoms with E-state index >= 15 is 0 Å². The number of ether oxygens (including phenoxy) is 1. The first kappa shape index (κ1) is 17.2. The number of nitrogens with zero attached hydrogens (tertiary/aromatic N) is 2. The molecule has 25 heavy (non-hydrogen) atoms. The minimum atomic E-state index is -1.07. The summed E-state index contributed by atoms with van der Waals surface area (Å²) in [6.45, 7) is 3.38. The van der Waals surface area contributed by atoms with E-state index in [2.05, 4.69) is 4.98 Å². The molecule has 0 spiro atoms. The monoisotopic (exact) mass is 358 g/mol. The third-order valence-electron chi connectivity index (χ3n) is 4.20. The van der Waals surface area contributed by atoms with E-state index in [1.54, 1.807) is 7.11 Å². The molecule has 3 aromatic rings. The van der Waals surface area contributed by atoms with E-state index in [1.165, 1.54) is 15.9 Å². The number of aromatic nitrogens is 2. The number of fused-ring (bicyclic) bond motifs is 1. The second-order valence-corrected chi connectivity index (χ2v) is 6.97. The Morgan fingerprint density at radius 1 is 1.32 bits per heavy atom. The van der Waals surface area contributed by atoms with Gasteiger partial charge in [0.05, 0.1) is 12.5 Å². The molecule has 0 atom stereocenters. The Morgan fingerprint density at radius 3 is 2.72 bits per heavy atom. The Hall–Kier alpha value is -2.67. The van der Waals surface area contributed by atoms with Crippen LogP contribution in [0.2, 0.25) is 0 Å². The number of thiophene rings is 1. The van der Waals surface area contributed by atoms with Crippen LogP contribution in [-0.4, -0.2) is 27.7 Å². The zero-order valence-electron chi connectivity index (χ0n) is 14.2. The number of methoxy groups -OCH3 is 1. The summed E-state index contributed by atoms with van der Waals surface area (Å²) in [7, 11) is 1.58. The van der Waals surface area contributed by atoms with Crippen molar-refractivity contribution in [1.82, 2.24) is 9.55 Å². The summed E-state index contributed by atoms with van der Waals surface area (Å²) in [6, 6.07) is 7.43. The Labute approximate surface area is 148 Å². The maximum Gasteiger partial charge on any atom is 0.323 e. The highest BCUT2D eigenvalue weighted by molar-refractivity contribution is 7.18. The number of para-hydroxylation sites is 1. The molecule has 7 heteroatoms. The van der Waals surface area contributed by atoms with Crippen LogP contribution in [0.1, 0.15) is 21.8 Å². The minimum absolute atomic E-state index is 0.306. The topological polar surface area (TPSA) is 81.4 Å². The van der Waals surface area contributed by atoms with Crippen molar-refractivity contribution in [3.63, 3.8) is 0 Å². The van der Waals surface area contributed by atoms with Gasteiger partial charge in [-0.1, -0.05) is 18.2 Å². The highest BCUT2D eigenvalue weighted by Crippen LogP contribution is 2.27. The van der Waals surface area contributed by atoms with Crippen molar-refractivity contribution in [1.29, 1.82) is 0 Å². The molecule has 130 valence electrons. The average Bonchev–Trinajstić information content (AvgIpc) is 2.86. The molecule has 1 aromatic carbocycles. The zero-order chi connectivity index (χ0) is 18.1. The maximum absolute atomic E-state index is 12.9. The van der Waals surface area contributed by atoms with Crippen molar-refractivity contribution in [3.05, 3.63) is 56.4 Å². The molecule has 0 radical (unpaired) electrons. The maximum atomic E-state index is 12.9. The van der Waals surface area contributed by atoms with E-state index in [4.69, 9.17) is 4.74 Å². The number of carbonyl (C=O) groups is 1. The SMILES string of the molecule is COc1ccccc1Cc1nc2sc(C)c(C)c2c(=O)n1CC(=O)O. The molecule has 0 fully saturated rings. The van der Waals surface area contributed by atoms with Gasteiger partial charge >= 0.3 is 5.97 Å². The number of aryl methyl sites for hydroxylation is 2. The molecule has 0 bridgehead atoms. The lowest BCUT2D eigenvalue weighted by Crippen LogP contribution is -2.28. The largest absolute Gasteiger partial charge is 0.496 e. The minimum Gasteiger partial charge on any atom is -0.496 e. The second-order valence-electron chi connectivity index (χ2n) is 5.77. The van der Waals surface area contributed by atoms with E-state index in [0.717, 1.165) is 16.0 Å². The molecule has 0 saturated carbocycles. The van der Waals surface area contributed by atoms with Crippen LogP contribution in [0.15, 0.2) is 29.1 Å².